The Morgan fingerprint density at radius 1 is 1.20 bits per heavy atom. The molecule has 2 fully saturated rings. The number of carbonyl (C=O) groups excluding carboxylic acids is 1. The lowest BCUT2D eigenvalue weighted by molar-refractivity contribution is -0.122. The van der Waals surface area contributed by atoms with E-state index >= 15 is 0 Å². The number of carbonyl (C=O) groups is 1. The van der Waals surface area contributed by atoms with Gasteiger partial charge in [0.1, 0.15) is 0 Å². The lowest BCUT2D eigenvalue weighted by atomic mass is 10.0. The first-order valence-electron chi connectivity index (χ1n) is 9.13. The Kier molecular flexibility index (Phi) is 6.01. The molecule has 0 bridgehead atoms. The van der Waals surface area contributed by atoms with E-state index in [2.05, 4.69) is 25.2 Å². The molecule has 0 atom stereocenters. The van der Waals surface area contributed by atoms with Crippen LogP contribution in [0.15, 0.2) is 0 Å². The summed E-state index contributed by atoms with van der Waals surface area (Å²) in [5.41, 5.74) is 0. The first-order chi connectivity index (χ1) is 12.1. The van der Waals surface area contributed by atoms with Gasteiger partial charge >= 0.3 is 0 Å². The zero-order valence-corrected chi connectivity index (χ0v) is 15.2. The molecular weight excluding hydrogens is 320 g/mol. The molecule has 0 spiro atoms. The van der Waals surface area contributed by atoms with E-state index in [0.717, 1.165) is 13.1 Å². The summed E-state index contributed by atoms with van der Waals surface area (Å²) in [6.45, 7) is 3.23. The smallest absolute Gasteiger partial charge is 0.230 e. The summed E-state index contributed by atoms with van der Waals surface area (Å²) < 4.78 is 5.39. The molecule has 25 heavy (non-hydrogen) atoms. The quantitative estimate of drug-likeness (QED) is 0.820. The van der Waals surface area contributed by atoms with Crippen LogP contribution in [-0.4, -0.2) is 61.3 Å². The molecule has 1 aromatic heterocycles. The van der Waals surface area contributed by atoms with Crippen LogP contribution in [0.25, 0.3) is 0 Å². The minimum atomic E-state index is 0.0895. The third-order valence-corrected chi connectivity index (χ3v) is 4.74. The van der Waals surface area contributed by atoms with Gasteiger partial charge in [-0.15, -0.1) is 0 Å². The highest BCUT2D eigenvalue weighted by atomic mass is 16.5. The van der Waals surface area contributed by atoms with Crippen LogP contribution in [-0.2, 0) is 16.1 Å². The Morgan fingerprint density at radius 2 is 1.92 bits per heavy atom. The predicted molar refractivity (Wildman–Crippen MR) is 95.6 cm³/mol. The Morgan fingerprint density at radius 3 is 2.60 bits per heavy atom. The van der Waals surface area contributed by atoms with Gasteiger partial charge in [-0.25, -0.2) is 0 Å². The van der Waals surface area contributed by atoms with Crippen molar-refractivity contribution in [2.45, 2.75) is 38.6 Å². The zero-order chi connectivity index (χ0) is 17.6. The molecular formula is C17H28N6O2. The van der Waals surface area contributed by atoms with Gasteiger partial charge in [0.2, 0.25) is 17.8 Å². The summed E-state index contributed by atoms with van der Waals surface area (Å²) in [6, 6.07) is 0. The Bertz CT molecular complexity index is 583. The van der Waals surface area contributed by atoms with Crippen LogP contribution in [0.1, 0.15) is 37.9 Å². The molecule has 1 saturated carbocycles. The van der Waals surface area contributed by atoms with Gasteiger partial charge in [0.05, 0.1) is 19.8 Å². The number of hydrogen-bond acceptors (Lipinski definition) is 7. The van der Waals surface area contributed by atoms with E-state index < -0.39 is 0 Å². The van der Waals surface area contributed by atoms with E-state index in [9.17, 15) is 4.79 Å². The van der Waals surface area contributed by atoms with Crippen molar-refractivity contribution in [2.75, 3.05) is 50.2 Å². The van der Waals surface area contributed by atoms with Crippen molar-refractivity contribution in [1.82, 2.24) is 20.3 Å². The molecule has 1 amide bonds. The third-order valence-electron chi connectivity index (χ3n) is 4.74. The molecule has 1 saturated heterocycles. The number of aromatic nitrogens is 3. The SMILES string of the molecule is CN(C)c1nc(CNC(=O)CC2CCCC2)nc(N2CCOCC2)n1. The van der Waals surface area contributed by atoms with Crippen molar-refractivity contribution >= 4 is 17.8 Å². The van der Waals surface area contributed by atoms with Gasteiger partial charge in [0, 0.05) is 33.6 Å². The van der Waals surface area contributed by atoms with Crippen LogP contribution in [0.3, 0.4) is 0 Å². The van der Waals surface area contributed by atoms with Crippen LogP contribution in [0.2, 0.25) is 0 Å². The van der Waals surface area contributed by atoms with E-state index in [1.54, 1.807) is 0 Å². The predicted octanol–water partition coefficient (Wildman–Crippen LogP) is 0.971. The summed E-state index contributed by atoms with van der Waals surface area (Å²) >= 11 is 0. The number of morpholine rings is 1. The fourth-order valence-corrected chi connectivity index (χ4v) is 3.31. The number of nitrogens with one attached hydrogen (secondary N) is 1. The lowest BCUT2D eigenvalue weighted by Gasteiger charge is -2.27. The van der Waals surface area contributed by atoms with Crippen molar-refractivity contribution in [3.63, 3.8) is 0 Å². The zero-order valence-electron chi connectivity index (χ0n) is 15.2. The molecule has 8 nitrogen and oxygen atoms in total. The van der Waals surface area contributed by atoms with Gasteiger partial charge in [-0.1, -0.05) is 12.8 Å². The summed E-state index contributed by atoms with van der Waals surface area (Å²) in [6.07, 6.45) is 5.46. The largest absolute Gasteiger partial charge is 0.378 e. The molecule has 1 aliphatic heterocycles. The highest BCUT2D eigenvalue weighted by molar-refractivity contribution is 5.76. The fraction of sp³-hybridized carbons (Fsp3) is 0.765. The molecule has 2 aliphatic rings. The molecule has 0 radical (unpaired) electrons. The number of amides is 1. The first-order valence-corrected chi connectivity index (χ1v) is 9.13. The third kappa shape index (κ3) is 5.01. The van der Waals surface area contributed by atoms with Gasteiger partial charge in [-0.2, -0.15) is 15.0 Å². The summed E-state index contributed by atoms with van der Waals surface area (Å²) in [4.78, 5) is 29.7. The van der Waals surface area contributed by atoms with Crippen molar-refractivity contribution in [3.05, 3.63) is 5.82 Å². The minimum absolute atomic E-state index is 0.0895. The van der Waals surface area contributed by atoms with Crippen molar-refractivity contribution in [1.29, 1.82) is 0 Å². The van der Waals surface area contributed by atoms with Crippen LogP contribution < -0.4 is 15.1 Å². The van der Waals surface area contributed by atoms with Gasteiger partial charge in [0.15, 0.2) is 5.82 Å². The normalized spacial score (nSPS) is 18.4. The average Bonchev–Trinajstić information content (AvgIpc) is 3.13. The topological polar surface area (TPSA) is 83.5 Å². The van der Waals surface area contributed by atoms with Crippen molar-refractivity contribution < 1.29 is 9.53 Å². The standard InChI is InChI=1S/C17H28N6O2/c1-22(2)16-19-14(12-18-15(24)11-13-5-3-4-6-13)20-17(21-16)23-7-9-25-10-8-23/h13H,3-12H2,1-2H3,(H,18,24). The molecule has 2 heterocycles. The summed E-state index contributed by atoms with van der Waals surface area (Å²) in [5.74, 6) is 2.49. The van der Waals surface area contributed by atoms with Crippen LogP contribution in [0, 0.1) is 5.92 Å². The summed E-state index contributed by atoms with van der Waals surface area (Å²) in [7, 11) is 3.81. The number of ether oxygens (including phenoxy) is 1. The lowest BCUT2D eigenvalue weighted by Crippen LogP contribution is -2.38. The van der Waals surface area contributed by atoms with E-state index in [4.69, 9.17) is 4.74 Å². The Balaban J connectivity index is 1.64. The van der Waals surface area contributed by atoms with Crippen LogP contribution in [0.5, 0.6) is 0 Å². The molecule has 1 N–H and O–H groups in total. The number of anilines is 2. The summed E-state index contributed by atoms with van der Waals surface area (Å²) in [5, 5.41) is 2.97. The number of rotatable bonds is 6. The van der Waals surface area contributed by atoms with Gasteiger partial charge in [0.25, 0.3) is 0 Å². The maximum atomic E-state index is 12.2. The molecule has 1 aliphatic carbocycles. The highest BCUT2D eigenvalue weighted by Crippen LogP contribution is 2.27. The number of hydrogen-bond donors (Lipinski definition) is 1. The second-order valence-electron chi connectivity index (χ2n) is 6.98. The van der Waals surface area contributed by atoms with E-state index in [-0.39, 0.29) is 5.91 Å². The maximum Gasteiger partial charge on any atom is 0.230 e. The van der Waals surface area contributed by atoms with Gasteiger partial charge in [-0.3, -0.25) is 4.79 Å². The minimum Gasteiger partial charge on any atom is -0.378 e. The fourth-order valence-electron chi connectivity index (χ4n) is 3.31. The van der Waals surface area contributed by atoms with Crippen LogP contribution in [0.4, 0.5) is 11.9 Å². The monoisotopic (exact) mass is 348 g/mol. The van der Waals surface area contributed by atoms with Gasteiger partial charge in [-0.05, 0) is 18.8 Å². The Labute approximate surface area is 149 Å². The van der Waals surface area contributed by atoms with E-state index in [1.807, 2.05) is 19.0 Å². The van der Waals surface area contributed by atoms with Gasteiger partial charge < -0.3 is 19.9 Å². The first kappa shape index (κ1) is 17.8. The molecule has 3 rings (SSSR count). The second kappa shape index (κ2) is 8.42. The highest BCUT2D eigenvalue weighted by Gasteiger charge is 2.20. The van der Waals surface area contributed by atoms with E-state index in [1.165, 1.54) is 25.7 Å². The molecule has 1 aromatic rings. The van der Waals surface area contributed by atoms with Crippen molar-refractivity contribution in [3.8, 4) is 0 Å². The molecule has 138 valence electrons. The molecule has 0 unspecified atom stereocenters. The second-order valence-corrected chi connectivity index (χ2v) is 6.98. The average molecular weight is 348 g/mol. The van der Waals surface area contributed by atoms with E-state index in [0.29, 0.717) is 49.8 Å². The maximum absolute atomic E-state index is 12.2. The molecule has 0 aromatic carbocycles. The van der Waals surface area contributed by atoms with Crippen molar-refractivity contribution in [2.24, 2.45) is 5.92 Å². The molecule has 8 heteroatoms. The number of nitrogens with zero attached hydrogens (tertiary/aromatic N) is 5. The Hall–Kier alpha value is -1.96. The van der Waals surface area contributed by atoms with Crippen LogP contribution >= 0.6 is 0 Å².